The monoisotopic (exact) mass is 772 g/mol. The molecule has 2 unspecified atom stereocenters. The zero-order chi connectivity index (χ0) is 38.6. The molecule has 0 bridgehead atoms. The van der Waals surface area contributed by atoms with Gasteiger partial charge in [0.1, 0.15) is 11.6 Å². The van der Waals surface area contributed by atoms with Gasteiger partial charge in [0.05, 0.1) is 11.4 Å². The van der Waals surface area contributed by atoms with Crippen molar-refractivity contribution >= 4 is 33.8 Å². The summed E-state index contributed by atoms with van der Waals surface area (Å²) in [4.78, 5) is 36.3. The third-order valence-electron chi connectivity index (χ3n) is 12.4. The summed E-state index contributed by atoms with van der Waals surface area (Å²) in [5.41, 5.74) is 5.53. The average Bonchev–Trinajstić information content (AvgIpc) is 3.99. The quantitative estimate of drug-likeness (QED) is 0.139. The van der Waals surface area contributed by atoms with Crippen LogP contribution in [0.1, 0.15) is 93.2 Å². The number of halogens is 2. The van der Waals surface area contributed by atoms with E-state index in [1.807, 2.05) is 58.3 Å². The van der Waals surface area contributed by atoms with E-state index in [0.29, 0.717) is 48.5 Å². The zero-order valence-electron chi connectivity index (χ0n) is 31.4. The van der Waals surface area contributed by atoms with Gasteiger partial charge in [-0.2, -0.15) is 0 Å². The maximum Gasteiger partial charge on any atom is 0.256 e. The first-order valence-corrected chi connectivity index (χ1v) is 19.9. The molecule has 292 valence electrons. The molecular formula is C44H42F2N6O5. The molecule has 2 aromatic heterocycles. The van der Waals surface area contributed by atoms with E-state index >= 15 is 0 Å². The molecule has 0 saturated carbocycles. The lowest BCUT2D eigenvalue weighted by Crippen LogP contribution is -2.43. The average molecular weight is 773 g/mol. The Morgan fingerprint density at radius 2 is 1.00 bits per heavy atom. The van der Waals surface area contributed by atoms with Gasteiger partial charge in [0.2, 0.25) is 0 Å². The van der Waals surface area contributed by atoms with Gasteiger partial charge in [0.15, 0.2) is 23.6 Å². The van der Waals surface area contributed by atoms with Crippen molar-refractivity contribution < 1.29 is 32.2 Å². The Bertz CT molecular complexity index is 2300. The lowest BCUT2D eigenvalue weighted by molar-refractivity contribution is -0.131. The van der Waals surface area contributed by atoms with E-state index in [1.54, 1.807) is 12.1 Å². The van der Waals surface area contributed by atoms with Gasteiger partial charge in [-0.1, -0.05) is 46.7 Å². The highest BCUT2D eigenvalue weighted by Gasteiger charge is 2.44. The number of fused-ring (bicyclic) bond motifs is 4. The van der Waals surface area contributed by atoms with Crippen LogP contribution in [-0.2, 0) is 4.74 Å². The zero-order valence-corrected chi connectivity index (χ0v) is 31.4. The summed E-state index contributed by atoms with van der Waals surface area (Å²) in [6, 6.07) is 24.3. The first-order chi connectivity index (χ1) is 27.9. The number of benzene rings is 4. The minimum absolute atomic E-state index is 0.0798. The van der Waals surface area contributed by atoms with Gasteiger partial charge in [-0.25, -0.2) is 8.78 Å². The Morgan fingerprint density at radius 3 is 1.44 bits per heavy atom. The van der Waals surface area contributed by atoms with Gasteiger partial charge in [-0.15, -0.1) is 0 Å². The highest BCUT2D eigenvalue weighted by atomic mass is 19.1. The van der Waals surface area contributed by atoms with Crippen LogP contribution in [0.5, 0.6) is 0 Å². The van der Waals surface area contributed by atoms with E-state index in [1.165, 1.54) is 24.3 Å². The largest absolute Gasteiger partial charge is 0.356 e. The molecule has 13 heteroatoms. The maximum absolute atomic E-state index is 14.0. The number of nitrogens with zero attached hydrogens (tertiary/aromatic N) is 6. The first-order valence-electron chi connectivity index (χ1n) is 19.9. The summed E-state index contributed by atoms with van der Waals surface area (Å²) in [7, 11) is 0. The molecule has 4 aliphatic rings. The summed E-state index contributed by atoms with van der Waals surface area (Å²) in [5, 5.41) is 10.3. The molecule has 0 spiro atoms. The van der Waals surface area contributed by atoms with Crippen molar-refractivity contribution in [3.8, 4) is 0 Å². The Balaban J connectivity index is 0.814. The fourth-order valence-electron chi connectivity index (χ4n) is 9.33. The standard InChI is InChI=1S/C44H42F2N6O5/c45-29-9-11-35-37(25-29)56-47-39(35)27-13-17-49(18-14-27)21-23-51-41(53)31-5-1-3-7-33(31)43(51)55-44-34-8-4-2-6-32(34)42(54)52(44)24-22-50-19-15-28(16-20-50)40-36-12-10-30(46)26-38(36)57-48-40/h1-12,25-28,43-44H,13-24H2. The Kier molecular flexibility index (Phi) is 9.30. The molecule has 2 atom stereocenters. The number of piperidine rings is 2. The predicted molar refractivity (Wildman–Crippen MR) is 206 cm³/mol. The molecule has 0 aliphatic carbocycles. The summed E-state index contributed by atoms with van der Waals surface area (Å²) in [6.07, 6.45) is 2.16. The molecule has 4 aromatic carbocycles. The topological polar surface area (TPSA) is 108 Å². The number of carbonyl (C=O) groups is 2. The first kappa shape index (κ1) is 35.9. The molecule has 0 radical (unpaired) electrons. The van der Waals surface area contributed by atoms with Crippen LogP contribution in [0.4, 0.5) is 8.78 Å². The van der Waals surface area contributed by atoms with Crippen molar-refractivity contribution in [3.05, 3.63) is 130 Å². The van der Waals surface area contributed by atoms with E-state index in [2.05, 4.69) is 20.1 Å². The van der Waals surface area contributed by atoms with Gasteiger partial charge in [-0.3, -0.25) is 9.59 Å². The van der Waals surface area contributed by atoms with Gasteiger partial charge in [-0.05, 0) is 88.3 Å². The molecule has 11 nitrogen and oxygen atoms in total. The molecule has 57 heavy (non-hydrogen) atoms. The fourth-order valence-corrected chi connectivity index (χ4v) is 9.33. The number of hydrogen-bond acceptors (Lipinski definition) is 9. The predicted octanol–water partition coefficient (Wildman–Crippen LogP) is 7.63. The molecule has 2 saturated heterocycles. The van der Waals surface area contributed by atoms with Crippen LogP contribution < -0.4 is 0 Å². The molecule has 10 rings (SSSR count). The number of carbonyl (C=O) groups excluding carboxylic acids is 2. The van der Waals surface area contributed by atoms with E-state index in [4.69, 9.17) is 13.8 Å². The van der Waals surface area contributed by atoms with E-state index in [-0.39, 0.29) is 35.3 Å². The third-order valence-corrected chi connectivity index (χ3v) is 12.4. The summed E-state index contributed by atoms with van der Waals surface area (Å²) in [5.74, 6) is -0.430. The Labute approximate surface area is 327 Å². The summed E-state index contributed by atoms with van der Waals surface area (Å²) >= 11 is 0. The highest BCUT2D eigenvalue weighted by Crippen LogP contribution is 2.43. The number of rotatable bonds is 10. The molecule has 2 fully saturated rings. The van der Waals surface area contributed by atoms with Crippen molar-refractivity contribution in [2.24, 2.45) is 0 Å². The summed E-state index contributed by atoms with van der Waals surface area (Å²) in [6.45, 7) is 5.55. The van der Waals surface area contributed by atoms with Crippen LogP contribution in [-0.4, -0.2) is 94.1 Å². The van der Waals surface area contributed by atoms with Crippen molar-refractivity contribution in [1.29, 1.82) is 0 Å². The molecule has 6 heterocycles. The van der Waals surface area contributed by atoms with Crippen molar-refractivity contribution in [1.82, 2.24) is 29.9 Å². The normalized spacial score (nSPS) is 21.0. The van der Waals surface area contributed by atoms with Crippen molar-refractivity contribution in [2.75, 3.05) is 52.4 Å². The lowest BCUT2D eigenvalue weighted by Gasteiger charge is -2.36. The van der Waals surface area contributed by atoms with Crippen LogP contribution in [0.2, 0.25) is 0 Å². The second-order valence-electron chi connectivity index (χ2n) is 15.7. The number of ether oxygens (including phenoxy) is 1. The smallest absolute Gasteiger partial charge is 0.256 e. The maximum atomic E-state index is 14.0. The molecule has 6 aromatic rings. The Morgan fingerprint density at radius 1 is 0.579 bits per heavy atom. The second kappa shape index (κ2) is 14.8. The van der Waals surface area contributed by atoms with E-state index < -0.39 is 12.5 Å². The molecule has 2 amide bonds. The third kappa shape index (κ3) is 6.57. The van der Waals surface area contributed by atoms with Crippen LogP contribution >= 0.6 is 0 Å². The van der Waals surface area contributed by atoms with Crippen LogP contribution in [0.25, 0.3) is 21.9 Å². The van der Waals surface area contributed by atoms with Gasteiger partial charge in [0.25, 0.3) is 11.8 Å². The van der Waals surface area contributed by atoms with Crippen LogP contribution in [0, 0.1) is 11.6 Å². The van der Waals surface area contributed by atoms with Crippen LogP contribution in [0.15, 0.2) is 94.0 Å². The molecule has 0 N–H and O–H groups in total. The van der Waals surface area contributed by atoms with Gasteiger partial charge < -0.3 is 33.4 Å². The van der Waals surface area contributed by atoms with Crippen molar-refractivity contribution in [2.45, 2.75) is 50.0 Å². The molecular weight excluding hydrogens is 731 g/mol. The Hall–Kier alpha value is -5.50. The molecule has 4 aliphatic heterocycles. The highest BCUT2D eigenvalue weighted by molar-refractivity contribution is 6.00. The van der Waals surface area contributed by atoms with Crippen molar-refractivity contribution in [3.63, 3.8) is 0 Å². The minimum Gasteiger partial charge on any atom is -0.356 e. The summed E-state index contributed by atoms with van der Waals surface area (Å²) < 4.78 is 45.4. The fraction of sp³-hybridized carbons (Fsp3) is 0.364. The SMILES string of the molecule is O=C1c2ccccc2C(OC2c3ccccc3C(=O)N2CCN2CCC(c3noc4cc(F)ccc34)CC2)N1CCN1CCC(c2noc3cc(F)ccc23)CC1. The van der Waals surface area contributed by atoms with E-state index in [9.17, 15) is 18.4 Å². The van der Waals surface area contributed by atoms with Gasteiger partial charge >= 0.3 is 0 Å². The van der Waals surface area contributed by atoms with Gasteiger partial charge in [0, 0.05) is 83.2 Å². The minimum atomic E-state index is -0.666. The number of likely N-dealkylation sites (tertiary alicyclic amines) is 2. The van der Waals surface area contributed by atoms with Crippen LogP contribution in [0.3, 0.4) is 0 Å². The number of amides is 2. The number of aromatic nitrogens is 2. The van der Waals surface area contributed by atoms with E-state index in [0.717, 1.165) is 85.1 Å². The second-order valence-corrected chi connectivity index (χ2v) is 15.7. The lowest BCUT2D eigenvalue weighted by atomic mass is 9.91. The number of hydrogen-bond donors (Lipinski definition) is 0.